The molecular weight excluding hydrogens is 727 g/mol. The number of thiazole rings is 1. The fraction of sp³-hybridized carbons (Fsp3) is 0.410. The van der Waals surface area contributed by atoms with E-state index in [1.165, 1.54) is 46.1 Å². The lowest BCUT2D eigenvalue weighted by Gasteiger charge is -2.38. The first-order valence-electron chi connectivity index (χ1n) is 17.9. The number of nitrogens with zero attached hydrogens (tertiary/aromatic N) is 6. The largest absolute Gasteiger partial charge is 0.411 e. The molecule has 0 aliphatic carbocycles. The van der Waals surface area contributed by atoms with Crippen molar-refractivity contribution in [1.82, 2.24) is 29.4 Å². The number of oxime groups is 1. The summed E-state index contributed by atoms with van der Waals surface area (Å²) in [6, 6.07) is 18.8. The van der Waals surface area contributed by atoms with Crippen molar-refractivity contribution >= 4 is 39.5 Å². The molecule has 54 heavy (non-hydrogen) atoms. The number of aromatic nitrogens is 2. The monoisotopic (exact) mass is 775 g/mol. The summed E-state index contributed by atoms with van der Waals surface area (Å²) < 4.78 is 29.1. The third-order valence-corrected chi connectivity index (χ3v) is 11.8. The average molecular weight is 776 g/mol. The van der Waals surface area contributed by atoms with Crippen molar-refractivity contribution in [2.45, 2.75) is 70.7 Å². The van der Waals surface area contributed by atoms with Crippen LogP contribution in [0.4, 0.5) is 4.79 Å². The van der Waals surface area contributed by atoms with Gasteiger partial charge in [-0.3, -0.25) is 9.78 Å². The highest BCUT2D eigenvalue weighted by Crippen LogP contribution is 2.30. The Hall–Kier alpha value is -4.70. The van der Waals surface area contributed by atoms with Crippen LogP contribution in [-0.2, 0) is 27.8 Å². The number of carbonyl (C=O) groups excluding carboxylic acids is 2. The normalized spacial score (nSPS) is 15.7. The van der Waals surface area contributed by atoms with E-state index in [2.05, 4.69) is 15.5 Å². The molecule has 0 radical (unpaired) electrons. The van der Waals surface area contributed by atoms with E-state index >= 15 is 0 Å². The molecular formula is C39H49N7O6S2. The minimum atomic E-state index is -4.08. The molecule has 2 aromatic heterocycles. The van der Waals surface area contributed by atoms with Gasteiger partial charge in [-0.1, -0.05) is 88.3 Å². The van der Waals surface area contributed by atoms with Crippen molar-refractivity contribution in [3.8, 4) is 10.7 Å². The minimum Gasteiger partial charge on any atom is -0.411 e. The van der Waals surface area contributed by atoms with Gasteiger partial charge in [-0.05, 0) is 53.1 Å². The van der Waals surface area contributed by atoms with Crippen LogP contribution in [0.5, 0.6) is 0 Å². The first-order chi connectivity index (χ1) is 25.7. The fourth-order valence-corrected chi connectivity index (χ4v) is 8.95. The molecule has 5 rings (SSSR count). The van der Waals surface area contributed by atoms with Gasteiger partial charge in [0, 0.05) is 37.8 Å². The second-order valence-electron chi connectivity index (χ2n) is 14.9. The number of benzene rings is 2. The number of carbonyl (C=O) groups is 2. The van der Waals surface area contributed by atoms with Crippen molar-refractivity contribution < 1.29 is 28.3 Å². The zero-order valence-electron chi connectivity index (χ0n) is 31.2. The molecule has 3 N–H and O–H groups in total. The molecule has 2 aromatic carbocycles. The Labute approximate surface area is 321 Å². The van der Waals surface area contributed by atoms with Gasteiger partial charge in [-0.15, -0.1) is 11.3 Å². The predicted molar refractivity (Wildman–Crippen MR) is 209 cm³/mol. The molecule has 1 fully saturated rings. The third-order valence-electron chi connectivity index (χ3n) is 9.07. The van der Waals surface area contributed by atoms with Gasteiger partial charge < -0.3 is 25.4 Å². The minimum absolute atomic E-state index is 0.0181. The molecule has 0 unspecified atom stereocenters. The van der Waals surface area contributed by atoms with Gasteiger partial charge in [0.15, 0.2) is 0 Å². The first kappa shape index (κ1) is 40.5. The highest BCUT2D eigenvalue weighted by Gasteiger charge is 2.44. The molecule has 3 heterocycles. The fourth-order valence-electron chi connectivity index (χ4n) is 6.54. The second kappa shape index (κ2) is 17.6. The van der Waals surface area contributed by atoms with Gasteiger partial charge in [0.1, 0.15) is 11.0 Å². The number of aliphatic hydroxyl groups is 1. The Kier molecular flexibility index (Phi) is 13.2. The Morgan fingerprint density at radius 1 is 1.04 bits per heavy atom. The quantitative estimate of drug-likeness (QED) is 0.0803. The zero-order chi connectivity index (χ0) is 39.0. The number of aliphatic hydroxyl groups excluding tert-OH is 1. The maximum atomic E-state index is 14.4. The Balaban J connectivity index is 1.36. The molecule has 1 aliphatic rings. The molecule has 15 heteroatoms. The van der Waals surface area contributed by atoms with Crippen LogP contribution in [0.1, 0.15) is 51.4 Å². The van der Waals surface area contributed by atoms with E-state index in [0.29, 0.717) is 18.7 Å². The van der Waals surface area contributed by atoms with Gasteiger partial charge >= 0.3 is 6.03 Å². The Morgan fingerprint density at radius 3 is 2.37 bits per heavy atom. The maximum absolute atomic E-state index is 14.4. The van der Waals surface area contributed by atoms with E-state index < -0.39 is 39.5 Å². The topological polar surface area (TPSA) is 169 Å². The molecule has 288 valence electrons. The van der Waals surface area contributed by atoms with Crippen molar-refractivity contribution in [1.29, 1.82) is 0 Å². The van der Waals surface area contributed by atoms with E-state index in [-0.39, 0.29) is 42.9 Å². The number of pyridine rings is 1. The van der Waals surface area contributed by atoms with Gasteiger partial charge in [0.25, 0.3) is 0 Å². The summed E-state index contributed by atoms with van der Waals surface area (Å²) in [7, 11) is -4.08. The lowest BCUT2D eigenvalue weighted by molar-refractivity contribution is -0.130. The third kappa shape index (κ3) is 10.1. The lowest BCUT2D eigenvalue weighted by Crippen LogP contribution is -2.59. The van der Waals surface area contributed by atoms with Crippen LogP contribution in [0.3, 0.4) is 0 Å². The SMILES string of the molecule is CC(C)CN(C[C@@H](O)[C@H](Cc1ccccc1)NC(=O)[C@@H](N1CCN(Cc2csc(-c3ccccn3)n2)C1=O)C(C)(C)C)S(=O)(=O)c1ccc(/C=N/O)cc1. The summed E-state index contributed by atoms with van der Waals surface area (Å²) in [5.74, 6) is -0.515. The smallest absolute Gasteiger partial charge is 0.321 e. The predicted octanol–water partition coefficient (Wildman–Crippen LogP) is 5.10. The van der Waals surface area contributed by atoms with Crippen molar-refractivity contribution in [2.75, 3.05) is 26.2 Å². The van der Waals surface area contributed by atoms with Crippen LogP contribution in [0.25, 0.3) is 10.7 Å². The number of sulfonamides is 1. The Morgan fingerprint density at radius 2 is 1.74 bits per heavy atom. The molecule has 0 spiro atoms. The van der Waals surface area contributed by atoms with Crippen molar-refractivity contribution in [2.24, 2.45) is 16.5 Å². The number of rotatable bonds is 16. The summed E-state index contributed by atoms with van der Waals surface area (Å²) in [6.45, 7) is 10.3. The van der Waals surface area contributed by atoms with Gasteiger partial charge in [-0.2, -0.15) is 4.31 Å². The van der Waals surface area contributed by atoms with Crippen LogP contribution in [0.2, 0.25) is 0 Å². The standard InChI is InChI=1S/C39H49N7O6S2/c1-27(2)23-45(54(51,52)31-16-14-29(15-17-31)22-41-50)25-34(47)33(21-28-11-7-6-8-12-28)43-36(48)35(39(3,4)5)46-20-19-44(38(46)49)24-30-26-53-37(42-30)32-13-9-10-18-40-32/h6-18,22,26-27,33-35,47,50H,19-21,23-25H2,1-5H3,(H,43,48)/b41-22+/t33-,34+,35+/m0/s1. The van der Waals surface area contributed by atoms with Gasteiger partial charge in [0.05, 0.1) is 41.2 Å². The number of hydrogen-bond acceptors (Lipinski definition) is 10. The maximum Gasteiger partial charge on any atom is 0.321 e. The molecule has 1 saturated heterocycles. The van der Waals surface area contributed by atoms with Crippen LogP contribution in [0.15, 0.2) is 94.4 Å². The molecule has 0 saturated carbocycles. The summed E-state index contributed by atoms with van der Waals surface area (Å²) in [4.78, 5) is 40.7. The number of nitrogens with one attached hydrogen (secondary N) is 1. The van der Waals surface area contributed by atoms with E-state index in [4.69, 9.17) is 10.2 Å². The molecule has 1 aliphatic heterocycles. The van der Waals surface area contributed by atoms with Crippen molar-refractivity contribution in [3.05, 3.63) is 101 Å². The van der Waals surface area contributed by atoms with Crippen molar-refractivity contribution in [3.63, 3.8) is 0 Å². The second-order valence-corrected chi connectivity index (χ2v) is 17.7. The molecule has 13 nitrogen and oxygen atoms in total. The average Bonchev–Trinajstić information content (AvgIpc) is 3.74. The molecule has 4 aromatic rings. The highest BCUT2D eigenvalue weighted by atomic mass is 32.2. The van der Waals surface area contributed by atoms with Gasteiger partial charge in [0.2, 0.25) is 15.9 Å². The highest BCUT2D eigenvalue weighted by molar-refractivity contribution is 7.89. The van der Waals surface area contributed by atoms with E-state index in [9.17, 15) is 23.1 Å². The number of urea groups is 1. The van der Waals surface area contributed by atoms with Crippen LogP contribution in [-0.4, -0.2) is 105 Å². The number of hydrogen-bond donors (Lipinski definition) is 3. The van der Waals surface area contributed by atoms with E-state index in [1.807, 2.05) is 88.5 Å². The summed E-state index contributed by atoms with van der Waals surface area (Å²) >= 11 is 1.46. The van der Waals surface area contributed by atoms with Gasteiger partial charge in [-0.25, -0.2) is 18.2 Å². The summed E-state index contributed by atoms with van der Waals surface area (Å²) in [6.07, 6.45) is 1.81. The summed E-state index contributed by atoms with van der Waals surface area (Å²) in [5, 5.41) is 29.4. The zero-order valence-corrected chi connectivity index (χ0v) is 32.9. The lowest BCUT2D eigenvalue weighted by atomic mass is 9.84. The van der Waals surface area contributed by atoms with Crippen LogP contribution >= 0.6 is 11.3 Å². The van der Waals surface area contributed by atoms with Crippen LogP contribution in [0, 0.1) is 11.3 Å². The molecule has 3 atom stereocenters. The Bertz CT molecular complexity index is 1980. The summed E-state index contributed by atoms with van der Waals surface area (Å²) in [5.41, 5.74) is 2.15. The molecule has 0 bridgehead atoms. The molecule has 3 amide bonds. The van der Waals surface area contributed by atoms with E-state index in [1.54, 1.807) is 16.0 Å². The number of amides is 3. The first-order valence-corrected chi connectivity index (χ1v) is 20.2. The van der Waals surface area contributed by atoms with Crippen LogP contribution < -0.4 is 5.32 Å². The van der Waals surface area contributed by atoms with E-state index in [0.717, 1.165) is 22.0 Å².